The molecule has 0 radical (unpaired) electrons. The van der Waals surface area contributed by atoms with Crippen molar-refractivity contribution >= 4 is 31.1 Å². The van der Waals surface area contributed by atoms with Crippen LogP contribution < -0.4 is 5.69 Å². The van der Waals surface area contributed by atoms with Gasteiger partial charge in [0, 0.05) is 19.2 Å². The minimum atomic E-state index is -1.76. The second-order valence-corrected chi connectivity index (χ2v) is 14.0. The molecule has 1 aliphatic carbocycles. The molecule has 0 amide bonds. The summed E-state index contributed by atoms with van der Waals surface area (Å²) in [5, 5.41) is 0.385. The Bertz CT molecular complexity index is 860. The van der Waals surface area contributed by atoms with Gasteiger partial charge < -0.3 is 4.43 Å². The average molecular weight is 397 g/mol. The van der Waals surface area contributed by atoms with E-state index >= 15 is 0 Å². The van der Waals surface area contributed by atoms with E-state index in [1.54, 1.807) is 22.4 Å². The smallest absolute Gasteiger partial charge is 0.330 e. The van der Waals surface area contributed by atoms with Crippen molar-refractivity contribution in [1.82, 2.24) is 19.1 Å². The number of aryl methyl sites for hydroxylation is 1. The molecule has 6 nitrogen and oxygen atoms in total. The highest BCUT2D eigenvalue weighted by Crippen LogP contribution is 2.40. The van der Waals surface area contributed by atoms with Crippen molar-refractivity contribution in [3.8, 4) is 0 Å². The number of aromatic nitrogens is 4. The first kappa shape index (κ1) is 19.6. The summed E-state index contributed by atoms with van der Waals surface area (Å²) in [6.45, 7) is 11.4. The predicted octanol–water partition coefficient (Wildman–Crippen LogP) is 4.29. The molecule has 0 spiro atoms. The van der Waals surface area contributed by atoms with Gasteiger partial charge in [-0.3, -0.25) is 9.13 Å². The lowest BCUT2D eigenvalue weighted by Crippen LogP contribution is -2.45. The van der Waals surface area contributed by atoms with Crippen molar-refractivity contribution in [3.63, 3.8) is 0 Å². The molecule has 1 aliphatic rings. The predicted molar refractivity (Wildman–Crippen MR) is 107 cm³/mol. The number of fused-ring (bicyclic) bond motifs is 1. The molecule has 2 heterocycles. The maximum Gasteiger partial charge on any atom is 0.330 e. The summed E-state index contributed by atoms with van der Waals surface area (Å²) in [4.78, 5) is 21.1. The van der Waals surface area contributed by atoms with E-state index in [2.05, 4.69) is 43.8 Å². The largest absolute Gasteiger partial charge is 0.414 e. The number of rotatable bonds is 3. The van der Waals surface area contributed by atoms with Crippen LogP contribution in [-0.2, 0) is 11.5 Å². The Labute approximate surface area is 160 Å². The maximum atomic E-state index is 12.7. The fourth-order valence-electron chi connectivity index (χ4n) is 3.46. The second kappa shape index (κ2) is 6.76. The lowest BCUT2D eigenvalue weighted by molar-refractivity contribution is 0.118. The van der Waals surface area contributed by atoms with Gasteiger partial charge in [0.1, 0.15) is 5.52 Å². The summed E-state index contributed by atoms with van der Waals surface area (Å²) < 4.78 is 9.97. The van der Waals surface area contributed by atoms with Gasteiger partial charge in [-0.25, -0.2) is 9.78 Å². The lowest BCUT2D eigenvalue weighted by atomic mass is 9.93. The van der Waals surface area contributed by atoms with Gasteiger partial charge >= 0.3 is 5.69 Å². The summed E-state index contributed by atoms with van der Waals surface area (Å²) in [7, 11) is -0.00766. The quantitative estimate of drug-likeness (QED) is 0.573. The fraction of sp³-hybridized carbons (Fsp3) is 0.722. The molecule has 3 rings (SSSR count). The van der Waals surface area contributed by atoms with E-state index in [0.29, 0.717) is 5.65 Å². The Morgan fingerprint density at radius 2 is 1.85 bits per heavy atom. The van der Waals surface area contributed by atoms with E-state index in [0.717, 1.165) is 31.2 Å². The van der Waals surface area contributed by atoms with Crippen LogP contribution in [0.4, 0.5) is 0 Å². The summed E-state index contributed by atoms with van der Waals surface area (Å²) in [5.41, 5.74) is 1.30. The third-order valence-electron chi connectivity index (χ3n) is 6.08. The first-order valence-corrected chi connectivity index (χ1v) is 12.6. The first-order valence-electron chi connectivity index (χ1n) is 9.28. The highest BCUT2D eigenvalue weighted by atomic mass is 35.5. The van der Waals surface area contributed by atoms with Crippen molar-refractivity contribution in [2.24, 2.45) is 7.05 Å². The monoisotopic (exact) mass is 396 g/mol. The lowest BCUT2D eigenvalue weighted by Gasteiger charge is -2.41. The molecule has 2 aromatic rings. The highest BCUT2D eigenvalue weighted by molar-refractivity contribution is 6.74. The number of halogens is 1. The highest BCUT2D eigenvalue weighted by Gasteiger charge is 2.40. The van der Waals surface area contributed by atoms with Crippen LogP contribution in [-0.4, -0.2) is 33.5 Å². The van der Waals surface area contributed by atoms with Crippen molar-refractivity contribution in [2.75, 3.05) is 0 Å². The van der Waals surface area contributed by atoms with Gasteiger partial charge in [0.25, 0.3) is 0 Å². The molecule has 0 aliphatic heterocycles. The van der Waals surface area contributed by atoms with Crippen LogP contribution in [0.3, 0.4) is 0 Å². The van der Waals surface area contributed by atoms with Crippen LogP contribution in [0, 0.1) is 0 Å². The third kappa shape index (κ3) is 3.49. The molecular formula is C18H29ClN4O2Si. The topological polar surface area (TPSA) is 61.9 Å². The molecule has 8 heteroatoms. The van der Waals surface area contributed by atoms with Crippen LogP contribution in [0.15, 0.2) is 11.0 Å². The molecule has 0 N–H and O–H groups in total. The van der Waals surface area contributed by atoms with Gasteiger partial charge in [-0.05, 0) is 55.4 Å². The summed E-state index contributed by atoms with van der Waals surface area (Å²) in [5.74, 6) is 0. The van der Waals surface area contributed by atoms with Gasteiger partial charge in [0.05, 0.1) is 6.20 Å². The van der Waals surface area contributed by atoms with Crippen molar-refractivity contribution in [1.29, 1.82) is 0 Å². The Morgan fingerprint density at radius 1 is 1.23 bits per heavy atom. The molecular weight excluding hydrogens is 368 g/mol. The zero-order valence-corrected chi connectivity index (χ0v) is 18.3. The normalized spacial score (nSPS) is 22.1. The minimum absolute atomic E-state index is 0.0506. The van der Waals surface area contributed by atoms with E-state index in [9.17, 15) is 4.79 Å². The van der Waals surface area contributed by atoms with Crippen LogP contribution in [0.2, 0.25) is 23.4 Å². The zero-order valence-electron chi connectivity index (χ0n) is 16.5. The van der Waals surface area contributed by atoms with E-state index in [1.165, 1.54) is 0 Å². The number of hydrogen-bond acceptors (Lipinski definition) is 4. The van der Waals surface area contributed by atoms with Crippen LogP contribution in [0.5, 0.6) is 0 Å². The molecule has 26 heavy (non-hydrogen) atoms. The van der Waals surface area contributed by atoms with E-state index < -0.39 is 8.32 Å². The Hall–Kier alpha value is -1.18. The van der Waals surface area contributed by atoms with Gasteiger partial charge in [0.2, 0.25) is 5.28 Å². The molecule has 1 fully saturated rings. The number of imidazole rings is 1. The summed E-state index contributed by atoms with van der Waals surface area (Å²) in [6, 6.07) is 0.136. The SMILES string of the molecule is Cn1c(=O)n(C2CCC(O[Si](C)(C)C(C)(C)C)CC2)c2nc(Cl)ncc21. The summed E-state index contributed by atoms with van der Waals surface area (Å²) in [6.07, 6.45) is 5.68. The Balaban J connectivity index is 1.79. The Kier molecular flexibility index (Phi) is 5.09. The molecule has 0 saturated heterocycles. The molecule has 0 atom stereocenters. The van der Waals surface area contributed by atoms with Gasteiger partial charge in [-0.2, -0.15) is 4.98 Å². The first-order chi connectivity index (χ1) is 12.0. The number of nitrogens with zero attached hydrogens (tertiary/aromatic N) is 4. The van der Waals surface area contributed by atoms with Crippen molar-refractivity contribution < 1.29 is 4.43 Å². The van der Waals surface area contributed by atoms with Crippen molar-refractivity contribution in [2.45, 2.75) is 76.7 Å². The molecule has 144 valence electrons. The maximum absolute atomic E-state index is 12.7. The van der Waals surface area contributed by atoms with Crippen LogP contribution in [0.1, 0.15) is 52.5 Å². The van der Waals surface area contributed by atoms with Crippen molar-refractivity contribution in [3.05, 3.63) is 22.0 Å². The molecule has 0 aromatic carbocycles. The van der Waals surface area contributed by atoms with E-state index in [4.69, 9.17) is 16.0 Å². The fourth-order valence-corrected chi connectivity index (χ4v) is 5.01. The van der Waals surface area contributed by atoms with Crippen LogP contribution in [0.25, 0.3) is 11.2 Å². The Morgan fingerprint density at radius 3 is 2.42 bits per heavy atom. The summed E-state index contributed by atoms with van der Waals surface area (Å²) >= 11 is 5.97. The van der Waals surface area contributed by atoms with E-state index in [1.807, 2.05) is 0 Å². The third-order valence-corrected chi connectivity index (χ3v) is 10.8. The van der Waals surface area contributed by atoms with E-state index in [-0.39, 0.29) is 28.2 Å². The van der Waals surface area contributed by atoms with Gasteiger partial charge in [-0.1, -0.05) is 20.8 Å². The molecule has 0 bridgehead atoms. The standard InChI is InChI=1S/C18H29ClN4O2Si/c1-18(2,3)26(5,6)25-13-9-7-12(8-10-13)23-15-14(22(4)17(23)24)11-20-16(19)21-15/h11-13H,7-10H2,1-6H3. The zero-order chi connectivity index (χ0) is 19.3. The average Bonchev–Trinajstić information content (AvgIpc) is 2.78. The van der Waals surface area contributed by atoms with Crippen LogP contribution >= 0.6 is 11.6 Å². The molecule has 1 saturated carbocycles. The van der Waals surface area contributed by atoms with Gasteiger partial charge in [0.15, 0.2) is 14.0 Å². The molecule has 0 unspecified atom stereocenters. The van der Waals surface area contributed by atoms with Gasteiger partial charge in [-0.15, -0.1) is 0 Å². The molecule has 2 aromatic heterocycles. The second-order valence-electron chi connectivity index (χ2n) is 8.87. The minimum Gasteiger partial charge on any atom is -0.414 e. The number of hydrogen-bond donors (Lipinski definition) is 0.